The molecule has 1 aromatic rings. The second kappa shape index (κ2) is 6.66. The topological polar surface area (TPSA) is 90.4 Å². The van der Waals surface area contributed by atoms with Crippen molar-refractivity contribution in [2.45, 2.75) is 52.7 Å². The molecule has 1 heterocycles. The molecule has 1 N–H and O–H groups in total. The van der Waals surface area contributed by atoms with Crippen LogP contribution < -0.4 is 5.32 Å². The molecule has 0 saturated heterocycles. The number of amides is 1. The molecule has 0 aliphatic heterocycles. The van der Waals surface area contributed by atoms with Gasteiger partial charge in [-0.3, -0.25) is 5.32 Å². The first kappa shape index (κ1) is 19.1. The SMILES string of the molecule is CC(C)(C)OC(=O)Nc1nc(F)nc(C(=O)OC(C)(C)C)c1Cl. The van der Waals surface area contributed by atoms with Gasteiger partial charge in [-0.2, -0.15) is 14.4 Å². The second-order valence-electron chi connectivity index (χ2n) is 6.63. The van der Waals surface area contributed by atoms with Crippen LogP contribution in [0, 0.1) is 6.08 Å². The van der Waals surface area contributed by atoms with E-state index in [1.165, 1.54) is 0 Å². The number of carbonyl (C=O) groups is 2. The molecule has 23 heavy (non-hydrogen) atoms. The molecule has 0 aliphatic rings. The number of anilines is 1. The summed E-state index contributed by atoms with van der Waals surface area (Å²) in [7, 11) is 0. The average Bonchev–Trinajstić information content (AvgIpc) is 2.28. The van der Waals surface area contributed by atoms with Crippen LogP contribution in [0.2, 0.25) is 5.02 Å². The molecule has 0 saturated carbocycles. The minimum Gasteiger partial charge on any atom is -0.455 e. The summed E-state index contributed by atoms with van der Waals surface area (Å²) >= 11 is 5.96. The smallest absolute Gasteiger partial charge is 0.413 e. The van der Waals surface area contributed by atoms with Crippen LogP contribution in [0.15, 0.2) is 0 Å². The fourth-order valence-corrected chi connectivity index (χ4v) is 1.57. The zero-order valence-electron chi connectivity index (χ0n) is 13.8. The number of nitrogens with one attached hydrogen (secondary N) is 1. The minimum absolute atomic E-state index is 0.341. The molecule has 0 unspecified atom stereocenters. The van der Waals surface area contributed by atoms with Gasteiger partial charge in [0.1, 0.15) is 16.2 Å². The Bertz CT molecular complexity index is 624. The molecule has 0 aliphatic carbocycles. The van der Waals surface area contributed by atoms with Crippen LogP contribution >= 0.6 is 11.6 Å². The van der Waals surface area contributed by atoms with E-state index >= 15 is 0 Å². The van der Waals surface area contributed by atoms with Gasteiger partial charge in [-0.25, -0.2) is 9.59 Å². The van der Waals surface area contributed by atoms with Crippen LogP contribution in [0.25, 0.3) is 0 Å². The summed E-state index contributed by atoms with van der Waals surface area (Å²) in [5.74, 6) is -1.31. The summed E-state index contributed by atoms with van der Waals surface area (Å²) in [4.78, 5) is 30.4. The van der Waals surface area contributed by atoms with E-state index < -0.39 is 35.0 Å². The number of esters is 1. The number of carbonyl (C=O) groups excluding carboxylic acids is 2. The Labute approximate surface area is 138 Å². The number of hydrogen-bond acceptors (Lipinski definition) is 6. The van der Waals surface area contributed by atoms with Crippen molar-refractivity contribution in [3.05, 3.63) is 16.8 Å². The van der Waals surface area contributed by atoms with Gasteiger partial charge < -0.3 is 9.47 Å². The third kappa shape index (κ3) is 6.35. The largest absolute Gasteiger partial charge is 0.455 e. The predicted octanol–water partition coefficient (Wildman–Crippen LogP) is 3.57. The molecule has 1 rings (SSSR count). The molecule has 1 amide bonds. The van der Waals surface area contributed by atoms with Crippen LogP contribution in [-0.2, 0) is 9.47 Å². The Kier molecular flexibility index (Phi) is 5.52. The molecule has 1 aromatic heterocycles. The molecule has 7 nitrogen and oxygen atoms in total. The van der Waals surface area contributed by atoms with Crippen LogP contribution in [-0.4, -0.2) is 33.2 Å². The Morgan fingerprint density at radius 2 is 1.57 bits per heavy atom. The Hall–Kier alpha value is -1.96. The predicted molar refractivity (Wildman–Crippen MR) is 82.0 cm³/mol. The van der Waals surface area contributed by atoms with Crippen LogP contribution in [0.3, 0.4) is 0 Å². The molecular weight excluding hydrogens is 329 g/mol. The lowest BCUT2D eigenvalue weighted by Crippen LogP contribution is -2.28. The number of nitrogens with zero attached hydrogens (tertiary/aromatic N) is 2. The molecule has 0 spiro atoms. The first-order valence-corrected chi connectivity index (χ1v) is 7.13. The molecule has 0 atom stereocenters. The van der Waals surface area contributed by atoms with Crippen molar-refractivity contribution in [3.63, 3.8) is 0 Å². The maximum Gasteiger partial charge on any atom is 0.413 e. The van der Waals surface area contributed by atoms with Gasteiger partial charge in [-0.05, 0) is 41.5 Å². The molecule has 0 aromatic carbocycles. The van der Waals surface area contributed by atoms with Crippen molar-refractivity contribution in [1.82, 2.24) is 9.97 Å². The summed E-state index contributed by atoms with van der Waals surface area (Å²) in [6.07, 6.45) is -2.13. The van der Waals surface area contributed by atoms with E-state index in [1.54, 1.807) is 41.5 Å². The Balaban J connectivity index is 3.08. The molecule has 0 radical (unpaired) electrons. The third-order valence-electron chi connectivity index (χ3n) is 2.04. The van der Waals surface area contributed by atoms with E-state index in [4.69, 9.17) is 21.1 Å². The first-order chi connectivity index (χ1) is 10.3. The van der Waals surface area contributed by atoms with Gasteiger partial charge in [0.25, 0.3) is 0 Å². The second-order valence-corrected chi connectivity index (χ2v) is 7.01. The van der Waals surface area contributed by atoms with Gasteiger partial charge in [-0.1, -0.05) is 11.6 Å². The highest BCUT2D eigenvalue weighted by Gasteiger charge is 2.26. The van der Waals surface area contributed by atoms with Gasteiger partial charge in [-0.15, -0.1) is 0 Å². The standard InChI is InChI=1S/C14H19ClFN3O4/c1-13(2,3)22-10(20)8-7(15)9(18-11(16)17-8)19-12(21)23-14(4,5)6/h1-6H3,(H,17,18,19,21). The van der Waals surface area contributed by atoms with Crippen molar-refractivity contribution in [1.29, 1.82) is 0 Å². The lowest BCUT2D eigenvalue weighted by atomic mass is 10.2. The van der Waals surface area contributed by atoms with Gasteiger partial charge in [0.15, 0.2) is 11.5 Å². The Morgan fingerprint density at radius 1 is 1.04 bits per heavy atom. The Morgan fingerprint density at radius 3 is 2.04 bits per heavy atom. The maximum absolute atomic E-state index is 13.5. The number of halogens is 2. The molecule has 0 bridgehead atoms. The average molecular weight is 348 g/mol. The van der Waals surface area contributed by atoms with Crippen molar-refractivity contribution in [3.8, 4) is 0 Å². The van der Waals surface area contributed by atoms with Gasteiger partial charge >= 0.3 is 18.1 Å². The maximum atomic E-state index is 13.5. The first-order valence-electron chi connectivity index (χ1n) is 6.75. The van der Waals surface area contributed by atoms with E-state index in [0.717, 1.165) is 0 Å². The lowest BCUT2D eigenvalue weighted by molar-refractivity contribution is 0.00610. The zero-order valence-corrected chi connectivity index (χ0v) is 14.5. The van der Waals surface area contributed by atoms with E-state index in [0.29, 0.717) is 0 Å². The summed E-state index contributed by atoms with van der Waals surface area (Å²) < 4.78 is 23.6. The van der Waals surface area contributed by atoms with Crippen LogP contribution in [0.1, 0.15) is 52.0 Å². The molecular formula is C14H19ClFN3O4. The number of hydrogen-bond donors (Lipinski definition) is 1. The van der Waals surface area contributed by atoms with Crippen LogP contribution in [0.4, 0.5) is 15.0 Å². The van der Waals surface area contributed by atoms with Crippen molar-refractivity contribution in [2.75, 3.05) is 5.32 Å². The number of aromatic nitrogens is 2. The fraction of sp³-hybridized carbons (Fsp3) is 0.571. The summed E-state index contributed by atoms with van der Waals surface area (Å²) in [6, 6.07) is 0. The minimum atomic E-state index is -1.23. The van der Waals surface area contributed by atoms with E-state index in [2.05, 4.69) is 15.3 Å². The van der Waals surface area contributed by atoms with E-state index in [9.17, 15) is 14.0 Å². The normalized spacial score (nSPS) is 11.8. The summed E-state index contributed by atoms with van der Waals surface area (Å²) in [5.41, 5.74) is -2.07. The molecule has 0 fully saturated rings. The van der Waals surface area contributed by atoms with Gasteiger partial charge in [0.05, 0.1) is 0 Å². The van der Waals surface area contributed by atoms with Crippen LogP contribution in [0.5, 0.6) is 0 Å². The highest BCUT2D eigenvalue weighted by molar-refractivity contribution is 6.35. The number of rotatable bonds is 2. The quantitative estimate of drug-likeness (QED) is 0.649. The summed E-state index contributed by atoms with van der Waals surface area (Å²) in [6.45, 7) is 9.87. The highest BCUT2D eigenvalue weighted by atomic mass is 35.5. The van der Waals surface area contributed by atoms with E-state index in [1.807, 2.05) is 0 Å². The zero-order chi connectivity index (χ0) is 18.0. The van der Waals surface area contributed by atoms with Crippen molar-refractivity contribution >= 4 is 29.5 Å². The number of ether oxygens (including phenoxy) is 2. The summed E-state index contributed by atoms with van der Waals surface area (Å²) in [5, 5.41) is 1.83. The van der Waals surface area contributed by atoms with Crippen molar-refractivity contribution < 1.29 is 23.5 Å². The van der Waals surface area contributed by atoms with E-state index in [-0.39, 0.29) is 10.8 Å². The fourth-order valence-electron chi connectivity index (χ4n) is 1.36. The monoisotopic (exact) mass is 347 g/mol. The van der Waals surface area contributed by atoms with Gasteiger partial charge in [0.2, 0.25) is 0 Å². The molecule has 128 valence electrons. The highest BCUT2D eigenvalue weighted by Crippen LogP contribution is 2.25. The van der Waals surface area contributed by atoms with Gasteiger partial charge in [0, 0.05) is 0 Å². The molecule has 9 heteroatoms. The third-order valence-corrected chi connectivity index (χ3v) is 2.39. The lowest BCUT2D eigenvalue weighted by Gasteiger charge is -2.21. The van der Waals surface area contributed by atoms with Crippen molar-refractivity contribution in [2.24, 2.45) is 0 Å².